The van der Waals surface area contributed by atoms with Crippen LogP contribution in [0.4, 0.5) is 6.01 Å². The number of carbonyl (C=O) groups is 1. The van der Waals surface area contributed by atoms with Crippen LogP contribution in [-0.4, -0.2) is 35.4 Å². The second-order valence-corrected chi connectivity index (χ2v) is 6.32. The van der Waals surface area contributed by atoms with E-state index in [1.54, 1.807) is 26.2 Å². The molecule has 3 aromatic rings. The van der Waals surface area contributed by atoms with Gasteiger partial charge in [0, 0.05) is 0 Å². The molecule has 1 aliphatic rings. The summed E-state index contributed by atoms with van der Waals surface area (Å²) in [7, 11) is 1.61. The molecule has 144 valence electrons. The van der Waals surface area contributed by atoms with Gasteiger partial charge >= 0.3 is 6.01 Å². The third kappa shape index (κ3) is 3.75. The number of anilines is 1. The lowest BCUT2D eigenvalue weighted by atomic mass is 10.1. The second kappa shape index (κ2) is 7.59. The van der Waals surface area contributed by atoms with Crippen molar-refractivity contribution in [3.05, 3.63) is 60.0 Å². The number of carbonyl (C=O) groups excluding carboxylic acids is 1. The monoisotopic (exact) mass is 381 g/mol. The largest absolute Gasteiger partial charge is 0.497 e. The van der Waals surface area contributed by atoms with E-state index < -0.39 is 18.1 Å². The summed E-state index contributed by atoms with van der Waals surface area (Å²) in [6.45, 7) is 1.77. The Balaban J connectivity index is 1.40. The molecule has 1 N–H and O–H groups in total. The van der Waals surface area contributed by atoms with Crippen LogP contribution in [0.15, 0.2) is 52.9 Å². The maximum Gasteiger partial charge on any atom is 0.322 e. The molecule has 2 atom stereocenters. The molecule has 2 unspecified atom stereocenters. The maximum atomic E-state index is 12.6. The number of nitrogens with one attached hydrogen (secondary N) is 1. The minimum absolute atomic E-state index is 0.0168. The molecule has 0 saturated heterocycles. The zero-order valence-corrected chi connectivity index (χ0v) is 15.4. The Morgan fingerprint density at radius 1 is 1.07 bits per heavy atom. The van der Waals surface area contributed by atoms with Crippen molar-refractivity contribution >= 4 is 11.9 Å². The molecule has 28 heavy (non-hydrogen) atoms. The van der Waals surface area contributed by atoms with Gasteiger partial charge in [-0.05, 0) is 36.8 Å². The lowest BCUT2D eigenvalue weighted by Gasteiger charge is -2.30. The highest BCUT2D eigenvalue weighted by atomic mass is 16.6. The molecule has 0 aliphatic carbocycles. The first-order chi connectivity index (χ1) is 13.6. The van der Waals surface area contributed by atoms with Gasteiger partial charge in [-0.15, -0.1) is 5.10 Å². The lowest BCUT2D eigenvalue weighted by Crippen LogP contribution is -2.46. The second-order valence-electron chi connectivity index (χ2n) is 6.32. The Bertz CT molecular complexity index is 970. The zero-order valence-electron chi connectivity index (χ0n) is 15.4. The van der Waals surface area contributed by atoms with Crippen LogP contribution >= 0.6 is 0 Å². The number of nitrogens with zero attached hydrogens (tertiary/aromatic N) is 2. The standard InChI is InChI=1S/C20H19N3O5/c1-12-18(27-16-6-4-3-5-15(16)26-12)19(24)21-20-23-22-17(28-20)11-13-7-9-14(25-2)10-8-13/h3-10,12,18H,11H2,1-2H3,(H,21,23,24). The molecule has 8 nitrogen and oxygen atoms in total. The minimum atomic E-state index is -0.827. The maximum absolute atomic E-state index is 12.6. The number of ether oxygens (including phenoxy) is 3. The smallest absolute Gasteiger partial charge is 0.322 e. The fourth-order valence-electron chi connectivity index (χ4n) is 2.88. The van der Waals surface area contributed by atoms with E-state index >= 15 is 0 Å². The summed E-state index contributed by atoms with van der Waals surface area (Å²) in [5.41, 5.74) is 0.983. The van der Waals surface area contributed by atoms with Crippen LogP contribution in [0.2, 0.25) is 0 Å². The molecular formula is C20H19N3O5. The molecule has 1 aliphatic heterocycles. The van der Waals surface area contributed by atoms with E-state index in [1.165, 1.54) is 0 Å². The van der Waals surface area contributed by atoms with Crippen LogP contribution in [0.5, 0.6) is 17.2 Å². The van der Waals surface area contributed by atoms with Crippen LogP contribution in [0.25, 0.3) is 0 Å². The zero-order chi connectivity index (χ0) is 19.5. The Morgan fingerprint density at radius 2 is 1.79 bits per heavy atom. The van der Waals surface area contributed by atoms with Crippen molar-refractivity contribution in [1.82, 2.24) is 10.2 Å². The Labute approximate surface area is 161 Å². The van der Waals surface area contributed by atoms with E-state index in [2.05, 4.69) is 15.5 Å². The fraction of sp³-hybridized carbons (Fsp3) is 0.250. The molecule has 8 heteroatoms. The topological polar surface area (TPSA) is 95.7 Å². The van der Waals surface area contributed by atoms with Gasteiger partial charge in [0.05, 0.1) is 13.5 Å². The van der Waals surface area contributed by atoms with E-state index in [-0.39, 0.29) is 6.01 Å². The molecule has 0 fully saturated rings. The average molecular weight is 381 g/mol. The van der Waals surface area contributed by atoms with Gasteiger partial charge in [-0.1, -0.05) is 29.4 Å². The summed E-state index contributed by atoms with van der Waals surface area (Å²) in [6.07, 6.45) is -0.844. The SMILES string of the molecule is COc1ccc(Cc2nnc(NC(=O)C3Oc4ccccc4OC3C)o2)cc1. The van der Waals surface area contributed by atoms with Crippen molar-refractivity contribution in [3.8, 4) is 17.2 Å². The van der Waals surface area contributed by atoms with Gasteiger partial charge < -0.3 is 18.6 Å². The molecule has 2 heterocycles. The first kappa shape index (κ1) is 17.8. The number of hydrogen-bond donors (Lipinski definition) is 1. The summed E-state index contributed by atoms with van der Waals surface area (Å²) in [5.74, 6) is 1.87. The molecule has 1 amide bonds. The number of benzene rings is 2. The Morgan fingerprint density at radius 3 is 2.50 bits per heavy atom. The van der Waals surface area contributed by atoms with Gasteiger partial charge in [0.2, 0.25) is 12.0 Å². The molecule has 4 rings (SSSR count). The van der Waals surface area contributed by atoms with Crippen molar-refractivity contribution in [2.45, 2.75) is 25.6 Å². The van der Waals surface area contributed by atoms with E-state index in [9.17, 15) is 4.79 Å². The number of fused-ring (bicyclic) bond motifs is 1. The van der Waals surface area contributed by atoms with E-state index in [1.807, 2.05) is 36.4 Å². The third-order valence-corrected chi connectivity index (χ3v) is 4.31. The van der Waals surface area contributed by atoms with Gasteiger partial charge in [-0.3, -0.25) is 10.1 Å². The van der Waals surface area contributed by atoms with Crippen LogP contribution in [0, 0.1) is 0 Å². The number of amides is 1. The van der Waals surface area contributed by atoms with E-state index in [0.29, 0.717) is 23.8 Å². The summed E-state index contributed by atoms with van der Waals surface area (Å²) in [6, 6.07) is 14.8. The molecule has 0 saturated carbocycles. The van der Waals surface area contributed by atoms with Gasteiger partial charge in [0.1, 0.15) is 11.9 Å². The van der Waals surface area contributed by atoms with Crippen LogP contribution in [0.3, 0.4) is 0 Å². The first-order valence-electron chi connectivity index (χ1n) is 8.81. The van der Waals surface area contributed by atoms with Gasteiger partial charge in [0.25, 0.3) is 5.91 Å². The quantitative estimate of drug-likeness (QED) is 0.726. The highest BCUT2D eigenvalue weighted by molar-refractivity contribution is 5.93. The molecule has 1 aromatic heterocycles. The van der Waals surface area contributed by atoms with E-state index in [4.69, 9.17) is 18.6 Å². The summed E-state index contributed by atoms with van der Waals surface area (Å²) in [5, 5.41) is 10.4. The Kier molecular flexibility index (Phi) is 4.84. The molecule has 2 aromatic carbocycles. The van der Waals surface area contributed by atoms with Crippen molar-refractivity contribution in [2.75, 3.05) is 12.4 Å². The lowest BCUT2D eigenvalue weighted by molar-refractivity contribution is -0.128. The molecule has 0 spiro atoms. The summed E-state index contributed by atoms with van der Waals surface area (Å²) >= 11 is 0. The van der Waals surface area contributed by atoms with E-state index in [0.717, 1.165) is 11.3 Å². The highest BCUT2D eigenvalue weighted by Gasteiger charge is 2.34. The normalized spacial score (nSPS) is 17.8. The van der Waals surface area contributed by atoms with Crippen LogP contribution in [0.1, 0.15) is 18.4 Å². The van der Waals surface area contributed by atoms with Gasteiger partial charge in [-0.25, -0.2) is 0 Å². The van der Waals surface area contributed by atoms with Gasteiger partial charge in [0.15, 0.2) is 11.5 Å². The molecule has 0 bridgehead atoms. The summed E-state index contributed by atoms with van der Waals surface area (Å²) < 4.78 is 22.2. The number of aromatic nitrogens is 2. The number of methoxy groups -OCH3 is 1. The number of hydrogen-bond acceptors (Lipinski definition) is 7. The highest BCUT2D eigenvalue weighted by Crippen LogP contribution is 2.33. The van der Waals surface area contributed by atoms with Crippen molar-refractivity contribution < 1.29 is 23.4 Å². The number of para-hydroxylation sites is 2. The predicted molar refractivity (Wildman–Crippen MR) is 99.7 cm³/mol. The Hall–Kier alpha value is -3.55. The average Bonchev–Trinajstić information content (AvgIpc) is 3.14. The van der Waals surface area contributed by atoms with Crippen molar-refractivity contribution in [2.24, 2.45) is 0 Å². The third-order valence-electron chi connectivity index (χ3n) is 4.31. The first-order valence-corrected chi connectivity index (χ1v) is 8.81. The predicted octanol–water partition coefficient (Wildman–Crippen LogP) is 2.84. The molecule has 0 radical (unpaired) electrons. The minimum Gasteiger partial charge on any atom is -0.497 e. The van der Waals surface area contributed by atoms with Crippen LogP contribution in [-0.2, 0) is 11.2 Å². The fourth-order valence-corrected chi connectivity index (χ4v) is 2.88. The van der Waals surface area contributed by atoms with Gasteiger partial charge in [-0.2, -0.15) is 0 Å². The summed E-state index contributed by atoms with van der Waals surface area (Å²) in [4.78, 5) is 12.6. The number of rotatable bonds is 5. The van der Waals surface area contributed by atoms with Crippen molar-refractivity contribution in [1.29, 1.82) is 0 Å². The molecular weight excluding hydrogens is 362 g/mol. The van der Waals surface area contributed by atoms with Crippen LogP contribution < -0.4 is 19.5 Å². The van der Waals surface area contributed by atoms with Crippen molar-refractivity contribution in [3.63, 3.8) is 0 Å².